The third-order valence-corrected chi connectivity index (χ3v) is 3.36. The maximum Gasteiger partial charge on any atom is 0.417 e. The highest BCUT2D eigenvalue weighted by Crippen LogP contribution is 2.39. The van der Waals surface area contributed by atoms with Crippen molar-refractivity contribution >= 4 is 27.3 Å². The highest BCUT2D eigenvalue weighted by molar-refractivity contribution is 9.10. The summed E-state index contributed by atoms with van der Waals surface area (Å²) in [5.41, 5.74) is 11.6. The van der Waals surface area contributed by atoms with Gasteiger partial charge in [0.05, 0.1) is 16.9 Å². The molecule has 0 amide bonds. The summed E-state index contributed by atoms with van der Waals surface area (Å²) in [4.78, 5) is 0. The molecule has 2 nitrogen and oxygen atoms in total. The van der Waals surface area contributed by atoms with Gasteiger partial charge in [0.1, 0.15) is 0 Å². The summed E-state index contributed by atoms with van der Waals surface area (Å²) < 4.78 is 39.3. The van der Waals surface area contributed by atoms with Crippen LogP contribution >= 0.6 is 15.9 Å². The zero-order valence-electron chi connectivity index (χ0n) is 9.63. The number of alkyl halides is 3. The lowest BCUT2D eigenvalue weighted by Gasteiger charge is -2.14. The summed E-state index contributed by atoms with van der Waals surface area (Å²) in [5.74, 6) is 0. The van der Waals surface area contributed by atoms with Gasteiger partial charge in [-0.25, -0.2) is 0 Å². The number of hydrogen-bond donors (Lipinski definition) is 2. The quantitative estimate of drug-likeness (QED) is 0.766. The molecule has 0 aromatic heterocycles. The molecule has 2 rings (SSSR count). The summed E-state index contributed by atoms with van der Waals surface area (Å²) in [6.45, 7) is 0. The Morgan fingerprint density at radius 2 is 1.63 bits per heavy atom. The maximum absolute atomic E-state index is 12.9. The second kappa shape index (κ2) is 4.77. The van der Waals surface area contributed by atoms with Gasteiger partial charge in [-0.15, -0.1) is 0 Å². The zero-order chi connectivity index (χ0) is 14.2. The van der Waals surface area contributed by atoms with Crippen LogP contribution in [0.1, 0.15) is 5.56 Å². The molecule has 0 heterocycles. The molecule has 4 N–H and O–H groups in total. The maximum atomic E-state index is 12.9. The number of benzene rings is 2. The van der Waals surface area contributed by atoms with Gasteiger partial charge < -0.3 is 11.5 Å². The van der Waals surface area contributed by atoms with Crippen molar-refractivity contribution in [1.82, 2.24) is 0 Å². The van der Waals surface area contributed by atoms with E-state index in [0.29, 0.717) is 15.7 Å². The molecule has 0 spiro atoms. The molecule has 2 aromatic rings. The molecule has 0 atom stereocenters. The number of hydrogen-bond acceptors (Lipinski definition) is 2. The number of anilines is 2. The minimum absolute atomic E-state index is 0.0717. The monoisotopic (exact) mass is 330 g/mol. The van der Waals surface area contributed by atoms with Crippen molar-refractivity contribution in [3.63, 3.8) is 0 Å². The third-order valence-electron chi connectivity index (χ3n) is 2.71. The zero-order valence-corrected chi connectivity index (χ0v) is 11.2. The standard InChI is InChI=1S/C13H10BrF3N2/c14-10-5-7(6-11(18)12(10)19)8-3-1-2-4-9(8)13(15,16)17/h1-6H,18-19H2. The van der Waals surface area contributed by atoms with Crippen molar-refractivity contribution in [1.29, 1.82) is 0 Å². The average Bonchev–Trinajstić information content (AvgIpc) is 2.34. The molecule has 0 aliphatic rings. The number of rotatable bonds is 1. The van der Waals surface area contributed by atoms with Crippen LogP contribution in [0.5, 0.6) is 0 Å². The fourth-order valence-corrected chi connectivity index (χ4v) is 2.25. The van der Waals surface area contributed by atoms with Crippen molar-refractivity contribution < 1.29 is 13.2 Å². The van der Waals surface area contributed by atoms with Crippen molar-refractivity contribution in [3.8, 4) is 11.1 Å². The van der Waals surface area contributed by atoms with Crippen molar-refractivity contribution in [2.45, 2.75) is 6.18 Å². The molecular weight excluding hydrogens is 321 g/mol. The normalized spacial score (nSPS) is 11.6. The molecule has 0 saturated heterocycles. The molecule has 19 heavy (non-hydrogen) atoms. The van der Waals surface area contributed by atoms with Gasteiger partial charge >= 0.3 is 6.18 Å². The molecule has 0 saturated carbocycles. The van der Waals surface area contributed by atoms with Crippen LogP contribution in [0.3, 0.4) is 0 Å². The van der Waals surface area contributed by atoms with E-state index < -0.39 is 11.7 Å². The van der Waals surface area contributed by atoms with Crippen molar-refractivity contribution in [3.05, 3.63) is 46.4 Å². The summed E-state index contributed by atoms with van der Waals surface area (Å²) >= 11 is 3.18. The number of halogens is 4. The molecule has 0 fully saturated rings. The second-order valence-corrected chi connectivity index (χ2v) is 4.86. The molecular formula is C13H10BrF3N2. The van der Waals surface area contributed by atoms with E-state index in [9.17, 15) is 13.2 Å². The lowest BCUT2D eigenvalue weighted by Crippen LogP contribution is -2.07. The molecule has 0 aliphatic heterocycles. The van der Waals surface area contributed by atoms with E-state index in [0.717, 1.165) is 6.07 Å². The van der Waals surface area contributed by atoms with Gasteiger partial charge in [0, 0.05) is 4.47 Å². The first kappa shape index (κ1) is 13.7. The molecule has 0 radical (unpaired) electrons. The molecule has 0 aliphatic carbocycles. The SMILES string of the molecule is Nc1cc(-c2ccccc2C(F)(F)F)cc(Br)c1N. The van der Waals surface area contributed by atoms with E-state index >= 15 is 0 Å². The van der Waals surface area contributed by atoms with E-state index in [1.54, 1.807) is 6.07 Å². The lowest BCUT2D eigenvalue weighted by atomic mass is 9.98. The predicted octanol–water partition coefficient (Wildman–Crippen LogP) is 4.30. The first-order chi connectivity index (χ1) is 8.80. The largest absolute Gasteiger partial charge is 0.417 e. The van der Waals surface area contributed by atoms with Crippen LogP contribution < -0.4 is 11.5 Å². The van der Waals surface area contributed by atoms with Crippen LogP contribution in [0.2, 0.25) is 0 Å². The van der Waals surface area contributed by atoms with Crippen LogP contribution in [0.15, 0.2) is 40.9 Å². The average molecular weight is 331 g/mol. The fraction of sp³-hybridized carbons (Fsp3) is 0.0769. The Labute approximate surface area is 116 Å². The van der Waals surface area contributed by atoms with Gasteiger partial charge in [-0.3, -0.25) is 0 Å². The van der Waals surface area contributed by atoms with Gasteiger partial charge in [0.2, 0.25) is 0 Å². The highest BCUT2D eigenvalue weighted by Gasteiger charge is 2.33. The van der Waals surface area contributed by atoms with E-state index in [4.69, 9.17) is 11.5 Å². The van der Waals surface area contributed by atoms with Crippen molar-refractivity contribution in [2.75, 3.05) is 11.5 Å². The lowest BCUT2D eigenvalue weighted by molar-refractivity contribution is -0.137. The van der Waals surface area contributed by atoms with Gasteiger partial charge in [-0.1, -0.05) is 18.2 Å². The Bertz CT molecular complexity index is 601. The summed E-state index contributed by atoms with van der Waals surface area (Å²) in [6, 6.07) is 8.30. The summed E-state index contributed by atoms with van der Waals surface area (Å²) in [7, 11) is 0. The van der Waals surface area contributed by atoms with Crippen LogP contribution in [0, 0.1) is 0 Å². The van der Waals surface area contributed by atoms with E-state index in [1.807, 2.05) is 0 Å². The van der Waals surface area contributed by atoms with Gasteiger partial charge in [0.15, 0.2) is 0 Å². The van der Waals surface area contributed by atoms with Gasteiger partial charge in [-0.2, -0.15) is 13.2 Å². The topological polar surface area (TPSA) is 52.0 Å². The Morgan fingerprint density at radius 3 is 2.21 bits per heavy atom. The Balaban J connectivity index is 2.67. The minimum Gasteiger partial charge on any atom is -0.397 e. The van der Waals surface area contributed by atoms with Crippen LogP contribution in [-0.4, -0.2) is 0 Å². The van der Waals surface area contributed by atoms with Gasteiger partial charge in [0.25, 0.3) is 0 Å². The molecule has 0 bridgehead atoms. The van der Waals surface area contributed by atoms with E-state index in [1.165, 1.54) is 24.3 Å². The summed E-state index contributed by atoms with van der Waals surface area (Å²) in [6.07, 6.45) is -4.42. The third kappa shape index (κ3) is 2.68. The molecule has 0 unspecified atom stereocenters. The smallest absolute Gasteiger partial charge is 0.397 e. The van der Waals surface area contributed by atoms with Crippen LogP contribution in [0.25, 0.3) is 11.1 Å². The highest BCUT2D eigenvalue weighted by atomic mass is 79.9. The van der Waals surface area contributed by atoms with E-state index in [-0.39, 0.29) is 11.3 Å². The number of nitrogens with two attached hydrogens (primary N) is 2. The van der Waals surface area contributed by atoms with Crippen molar-refractivity contribution in [2.24, 2.45) is 0 Å². The number of nitrogen functional groups attached to an aromatic ring is 2. The van der Waals surface area contributed by atoms with Crippen LogP contribution in [0.4, 0.5) is 24.5 Å². The Morgan fingerprint density at radius 1 is 1.00 bits per heavy atom. The first-order valence-corrected chi connectivity index (χ1v) is 6.11. The van der Waals surface area contributed by atoms with Crippen LogP contribution in [-0.2, 0) is 6.18 Å². The Hall–Kier alpha value is -1.69. The second-order valence-electron chi connectivity index (χ2n) is 4.00. The molecule has 100 valence electrons. The van der Waals surface area contributed by atoms with E-state index in [2.05, 4.69) is 15.9 Å². The molecule has 6 heteroatoms. The summed E-state index contributed by atoms with van der Waals surface area (Å²) in [5, 5.41) is 0. The fourth-order valence-electron chi connectivity index (χ4n) is 1.78. The predicted molar refractivity (Wildman–Crippen MR) is 73.4 cm³/mol. The first-order valence-electron chi connectivity index (χ1n) is 5.32. The Kier molecular flexibility index (Phi) is 3.45. The molecule has 2 aromatic carbocycles. The van der Waals surface area contributed by atoms with Gasteiger partial charge in [-0.05, 0) is 45.3 Å². The minimum atomic E-state index is -4.42.